The molecule has 0 aromatic heterocycles. The molecule has 0 aromatic carbocycles. The summed E-state index contributed by atoms with van der Waals surface area (Å²) in [6.07, 6.45) is -2.72. The second kappa shape index (κ2) is 64.2. The van der Waals surface area contributed by atoms with E-state index in [-0.39, 0.29) is 165 Å². The van der Waals surface area contributed by atoms with Crippen LogP contribution in [0.2, 0.25) is 0 Å². The molecule has 0 saturated carbocycles. The lowest BCUT2D eigenvalue weighted by molar-refractivity contribution is -0.301. The minimum Gasteiger partial charge on any atom is -0.378 e. The SMILES string of the molecule is CC(OCC(OC(C)N(CCOOCC(=O)NN)CCOOCC(=O)NN)C(COCCN(CCCOCC(=O)NN)CCOCCOCC(=O)NN)OCCN(CCCOCC(=O)NN)CCOCCOCC(=O)NN)N(CCOOCC(=O)NN)CCOOCC(=O)NN. The summed E-state index contributed by atoms with van der Waals surface area (Å²) in [5, 5.41) is 0. The second-order valence-electron chi connectivity index (χ2n) is 19.5. The fourth-order valence-corrected chi connectivity index (χ4v) is 7.36. The van der Waals surface area contributed by atoms with E-state index in [0.717, 1.165) is 0 Å². The normalized spacial score (nSPS) is 12.8. The Morgan fingerprint density at radius 3 is 0.938 bits per heavy atom. The molecule has 0 fully saturated rings. The summed E-state index contributed by atoms with van der Waals surface area (Å²) >= 11 is 0. The van der Waals surface area contributed by atoms with Crippen molar-refractivity contribution in [2.24, 2.45) is 46.7 Å². The van der Waals surface area contributed by atoms with Gasteiger partial charge in [-0.1, -0.05) is 0 Å². The highest BCUT2D eigenvalue weighted by atomic mass is 17.2. The first-order chi connectivity index (χ1) is 46.5. The molecule has 0 bridgehead atoms. The van der Waals surface area contributed by atoms with E-state index in [9.17, 15) is 38.4 Å². The number of nitrogens with two attached hydrogens (primary N) is 8. The lowest BCUT2D eigenvalue weighted by Gasteiger charge is -2.36. The fraction of sp³-hybridized carbons (Fsp3) is 0.840. The molecule has 0 spiro atoms. The van der Waals surface area contributed by atoms with Crippen LogP contribution in [-0.2, 0) is 125 Å². The van der Waals surface area contributed by atoms with Crippen molar-refractivity contribution >= 4 is 47.3 Å². The number of carbonyl (C=O) groups is 8. The van der Waals surface area contributed by atoms with E-state index in [1.807, 2.05) is 53.2 Å². The highest BCUT2D eigenvalue weighted by Crippen LogP contribution is 2.16. The smallest absolute Gasteiger partial charge is 0.263 e. The number of hydrazine groups is 8. The zero-order chi connectivity index (χ0) is 71.1. The molecular weight excluding hydrogens is 1300 g/mol. The molecule has 8 amide bonds. The first-order valence-electron chi connectivity index (χ1n) is 30.3. The Hall–Kier alpha value is -5.44. The number of amides is 8. The minimum atomic E-state index is -1.03. The highest BCUT2D eigenvalue weighted by molar-refractivity contribution is 5.78. The predicted octanol–water partition coefficient (Wildman–Crippen LogP) is -11.7. The second-order valence-corrected chi connectivity index (χ2v) is 19.5. The van der Waals surface area contributed by atoms with E-state index in [0.29, 0.717) is 45.6 Å². The number of hydrogen-bond acceptors (Lipinski definition) is 38. The van der Waals surface area contributed by atoms with Crippen LogP contribution >= 0.6 is 0 Å². The monoisotopic (exact) mass is 1400 g/mol. The summed E-state index contributed by atoms with van der Waals surface area (Å²) in [5.74, 6) is 36.8. The highest BCUT2D eigenvalue weighted by Gasteiger charge is 2.31. The molecule has 96 heavy (non-hydrogen) atoms. The molecule has 0 heterocycles. The zero-order valence-electron chi connectivity index (χ0n) is 54.8. The summed E-state index contributed by atoms with van der Waals surface area (Å²) in [6.45, 7) is 3.74. The molecule has 0 radical (unpaired) electrons. The maximum atomic E-state index is 11.8. The standard InChI is InChI=1S/C50H106N20O26/c1-39(69(11-21-88-92-35-47(75)63-55)12-22-89-93-36-48(76)64-56)87-30-42(96-40(2)70(13-23-90-94-37-49(77)65-57)14-24-91-95-38-50(78)66-58)41(86-20-10-68(6-4-16-82-32-44(72)60-52)8-18-80-26-28-85-34-46(74)62-54)29-83-19-9-67(5-3-15-81-31-43(71)59-51)7-17-79-25-27-84-33-45(73)61-53/h39-42H,3-38,51-58H2,1-2H3,(H,59,71)(H,60,72)(H,61,73)(H,62,74)(H,63,75)(H,64,76)(H,65,77)(H,66,78). The number of ether oxygens (including phenoxy) is 10. The van der Waals surface area contributed by atoms with Gasteiger partial charge in [-0.25, -0.2) is 85.8 Å². The average Bonchev–Trinajstić information content (AvgIpc) is 1.44. The van der Waals surface area contributed by atoms with Crippen LogP contribution in [0.1, 0.15) is 26.7 Å². The van der Waals surface area contributed by atoms with Crippen LogP contribution in [0, 0.1) is 0 Å². The molecule has 0 aliphatic carbocycles. The lowest BCUT2D eigenvalue weighted by atomic mass is 10.2. The van der Waals surface area contributed by atoms with Gasteiger partial charge in [0.05, 0.1) is 92.5 Å². The van der Waals surface area contributed by atoms with Gasteiger partial charge in [0, 0.05) is 78.7 Å². The molecular formula is C50H106N20O26. The Bertz CT molecular complexity index is 1950. The van der Waals surface area contributed by atoms with E-state index >= 15 is 0 Å². The minimum absolute atomic E-state index is 0.0375. The number of rotatable bonds is 69. The van der Waals surface area contributed by atoms with Crippen LogP contribution in [0.25, 0.3) is 0 Å². The lowest BCUT2D eigenvalue weighted by Crippen LogP contribution is -2.49. The molecule has 46 nitrogen and oxygen atoms in total. The van der Waals surface area contributed by atoms with Gasteiger partial charge < -0.3 is 47.4 Å². The van der Waals surface area contributed by atoms with Crippen LogP contribution in [0.4, 0.5) is 0 Å². The number of nitrogens with zero attached hydrogens (tertiary/aromatic N) is 4. The van der Waals surface area contributed by atoms with Gasteiger partial charge in [-0.15, -0.1) is 0 Å². The summed E-state index contributed by atoms with van der Waals surface area (Å²) in [7, 11) is 0. The summed E-state index contributed by atoms with van der Waals surface area (Å²) in [6, 6.07) is 0. The molecule has 4 atom stereocenters. The van der Waals surface area contributed by atoms with Crippen LogP contribution in [0.3, 0.4) is 0 Å². The average molecular weight is 1400 g/mol. The zero-order valence-corrected chi connectivity index (χ0v) is 54.8. The number of nitrogens with one attached hydrogen (secondary N) is 8. The van der Waals surface area contributed by atoms with E-state index in [4.69, 9.17) is 133 Å². The van der Waals surface area contributed by atoms with Crippen molar-refractivity contribution in [3.05, 3.63) is 0 Å². The summed E-state index contributed by atoms with van der Waals surface area (Å²) in [4.78, 5) is 142. The first-order valence-corrected chi connectivity index (χ1v) is 30.3. The van der Waals surface area contributed by atoms with Gasteiger partial charge in [0.1, 0.15) is 51.1 Å². The molecule has 0 aromatic rings. The molecule has 562 valence electrons. The third-order valence-corrected chi connectivity index (χ3v) is 12.4. The van der Waals surface area contributed by atoms with Crippen molar-refractivity contribution in [1.29, 1.82) is 0 Å². The Labute approximate surface area is 556 Å². The van der Waals surface area contributed by atoms with Crippen molar-refractivity contribution in [2.75, 3.05) is 224 Å². The van der Waals surface area contributed by atoms with Crippen LogP contribution in [0.15, 0.2) is 0 Å². The van der Waals surface area contributed by atoms with Gasteiger partial charge in [-0.2, -0.15) is 0 Å². The third kappa shape index (κ3) is 53.6. The van der Waals surface area contributed by atoms with E-state index in [1.165, 1.54) is 0 Å². The predicted molar refractivity (Wildman–Crippen MR) is 327 cm³/mol. The molecule has 0 saturated heterocycles. The van der Waals surface area contributed by atoms with Gasteiger partial charge >= 0.3 is 0 Å². The van der Waals surface area contributed by atoms with Crippen molar-refractivity contribution in [2.45, 2.75) is 51.4 Å². The van der Waals surface area contributed by atoms with Crippen LogP contribution in [-0.4, -0.2) is 316 Å². The Morgan fingerprint density at radius 1 is 0.281 bits per heavy atom. The quantitative estimate of drug-likeness (QED) is 0.00671. The van der Waals surface area contributed by atoms with Gasteiger partial charge in [0.25, 0.3) is 47.3 Å². The number of carbonyl (C=O) groups excluding carboxylic acids is 8. The molecule has 0 aliphatic rings. The Morgan fingerprint density at radius 2 is 0.583 bits per heavy atom. The maximum Gasteiger partial charge on any atom is 0.263 e. The van der Waals surface area contributed by atoms with Gasteiger partial charge in [0.2, 0.25) is 0 Å². The van der Waals surface area contributed by atoms with Crippen molar-refractivity contribution < 1.29 is 125 Å². The summed E-state index contributed by atoms with van der Waals surface area (Å²) in [5.41, 5.74) is 15.7. The first kappa shape index (κ1) is 90.6. The van der Waals surface area contributed by atoms with Crippen LogP contribution in [0.5, 0.6) is 0 Å². The van der Waals surface area contributed by atoms with E-state index in [2.05, 4.69) is 0 Å². The third-order valence-electron chi connectivity index (χ3n) is 12.4. The largest absolute Gasteiger partial charge is 0.378 e. The molecule has 0 rings (SSSR count). The van der Waals surface area contributed by atoms with Gasteiger partial charge in [-0.3, -0.25) is 101 Å². The number of hydrogen-bond donors (Lipinski definition) is 16. The summed E-state index contributed by atoms with van der Waals surface area (Å²) < 4.78 is 59.9. The Balaban J connectivity index is 7.47. The molecule has 46 heteroatoms. The molecule has 0 aliphatic heterocycles. The molecule has 4 unspecified atom stereocenters. The van der Waals surface area contributed by atoms with Crippen molar-refractivity contribution in [3.8, 4) is 0 Å². The van der Waals surface area contributed by atoms with Gasteiger partial charge in [-0.05, 0) is 26.7 Å². The topological polar surface area (TPSA) is 620 Å². The van der Waals surface area contributed by atoms with Gasteiger partial charge in [0.15, 0.2) is 26.4 Å². The van der Waals surface area contributed by atoms with E-state index < -0.39 is 98.3 Å². The fourth-order valence-electron chi connectivity index (χ4n) is 7.36. The maximum absolute atomic E-state index is 11.8. The molecule has 24 N–H and O–H groups in total. The van der Waals surface area contributed by atoms with Crippen molar-refractivity contribution in [3.63, 3.8) is 0 Å². The Kier molecular flexibility index (Phi) is 60.6. The van der Waals surface area contributed by atoms with Crippen molar-refractivity contribution in [1.82, 2.24) is 63.0 Å². The van der Waals surface area contributed by atoms with Crippen LogP contribution < -0.4 is 90.1 Å². The van der Waals surface area contributed by atoms with E-state index in [1.54, 1.807) is 23.6 Å².